The Morgan fingerprint density at radius 3 is 2.35 bits per heavy atom. The summed E-state index contributed by atoms with van der Waals surface area (Å²) in [5.74, 6) is -0.792. The summed E-state index contributed by atoms with van der Waals surface area (Å²) in [6.45, 7) is 7.13. The van der Waals surface area contributed by atoms with Crippen LogP contribution in [0.4, 0.5) is 0 Å². The molecule has 0 radical (unpaired) electrons. The van der Waals surface area contributed by atoms with Crippen molar-refractivity contribution in [3.8, 4) is 0 Å². The lowest BCUT2D eigenvalue weighted by molar-refractivity contribution is -0.145. The molecule has 0 saturated carbocycles. The van der Waals surface area contributed by atoms with Gasteiger partial charge in [-0.1, -0.05) is 6.07 Å². The van der Waals surface area contributed by atoms with Gasteiger partial charge in [-0.25, -0.2) is 0 Å². The Hall–Kier alpha value is -1.16. The zero-order valence-corrected chi connectivity index (χ0v) is 11.4. The van der Waals surface area contributed by atoms with E-state index in [1.807, 2.05) is 26.0 Å². The summed E-state index contributed by atoms with van der Waals surface area (Å²) in [5.41, 5.74) is 1.25. The second-order valence-corrected chi connectivity index (χ2v) is 6.38. The van der Waals surface area contributed by atoms with Gasteiger partial charge in [0, 0.05) is 10.6 Å². The fraction of sp³-hybridized carbons (Fsp3) is 0.462. The molecule has 0 heterocycles. The Morgan fingerprint density at radius 1 is 1.29 bits per heavy atom. The van der Waals surface area contributed by atoms with E-state index in [0.29, 0.717) is 4.90 Å². The van der Waals surface area contributed by atoms with E-state index in [4.69, 9.17) is 5.11 Å². The molecule has 1 N–H and O–H groups in total. The highest BCUT2D eigenvalue weighted by Gasteiger charge is 2.30. The Balaban J connectivity index is 2.91. The number of carbonyl (C=O) groups is 1. The molecule has 0 aromatic heterocycles. The van der Waals surface area contributed by atoms with Gasteiger partial charge in [-0.05, 0) is 51.0 Å². The van der Waals surface area contributed by atoms with Gasteiger partial charge in [0.25, 0.3) is 0 Å². The van der Waals surface area contributed by atoms with Gasteiger partial charge in [0.05, 0.1) is 16.2 Å². The van der Waals surface area contributed by atoms with Crippen molar-refractivity contribution in [3.63, 3.8) is 0 Å². The predicted octanol–water partition coefficient (Wildman–Crippen LogP) is 2.52. The second kappa shape index (κ2) is 5.00. The molecule has 0 bridgehead atoms. The quantitative estimate of drug-likeness (QED) is 0.898. The molecule has 17 heavy (non-hydrogen) atoms. The highest BCUT2D eigenvalue weighted by molar-refractivity contribution is 7.85. The molecule has 1 aromatic carbocycles. The van der Waals surface area contributed by atoms with Crippen molar-refractivity contribution in [1.82, 2.24) is 0 Å². The summed E-state index contributed by atoms with van der Waals surface area (Å²) in [6.07, 6.45) is 0. The van der Waals surface area contributed by atoms with Crippen LogP contribution in [0.2, 0.25) is 0 Å². The normalized spacial score (nSPS) is 13.4. The van der Waals surface area contributed by atoms with Crippen molar-refractivity contribution in [2.45, 2.75) is 32.6 Å². The van der Waals surface area contributed by atoms with Crippen LogP contribution in [0.25, 0.3) is 0 Å². The summed E-state index contributed by atoms with van der Waals surface area (Å²) < 4.78 is 12.1. The summed E-state index contributed by atoms with van der Waals surface area (Å²) >= 11 is 0. The molecule has 0 spiro atoms. The monoisotopic (exact) mass is 254 g/mol. The van der Waals surface area contributed by atoms with E-state index < -0.39 is 22.2 Å². The minimum atomic E-state index is -1.27. The molecule has 0 saturated heterocycles. The van der Waals surface area contributed by atoms with Crippen molar-refractivity contribution in [2.24, 2.45) is 5.41 Å². The van der Waals surface area contributed by atoms with Crippen LogP contribution in [0.1, 0.15) is 25.0 Å². The number of rotatable bonds is 4. The SMILES string of the molecule is Cc1ccc(S(=O)CC(C)(C)C(=O)O)cc1C. The van der Waals surface area contributed by atoms with Gasteiger partial charge in [-0.15, -0.1) is 0 Å². The number of aryl methyl sites for hydroxylation is 2. The lowest BCUT2D eigenvalue weighted by Crippen LogP contribution is -2.30. The van der Waals surface area contributed by atoms with E-state index in [1.54, 1.807) is 19.9 Å². The van der Waals surface area contributed by atoms with Crippen LogP contribution in [0.3, 0.4) is 0 Å². The van der Waals surface area contributed by atoms with Crippen LogP contribution in [-0.4, -0.2) is 21.0 Å². The molecule has 4 heteroatoms. The van der Waals surface area contributed by atoms with Gasteiger partial charge in [0.2, 0.25) is 0 Å². The fourth-order valence-electron chi connectivity index (χ4n) is 1.33. The molecule has 3 nitrogen and oxygen atoms in total. The summed E-state index contributed by atoms with van der Waals surface area (Å²) in [4.78, 5) is 11.7. The molecule has 94 valence electrons. The first-order valence-corrected chi connectivity index (χ1v) is 6.75. The number of hydrogen-bond acceptors (Lipinski definition) is 2. The molecular weight excluding hydrogens is 236 g/mol. The molecule has 1 rings (SSSR count). The van der Waals surface area contributed by atoms with Crippen molar-refractivity contribution in [2.75, 3.05) is 5.75 Å². The van der Waals surface area contributed by atoms with Crippen molar-refractivity contribution in [1.29, 1.82) is 0 Å². The lowest BCUT2D eigenvalue weighted by atomic mass is 9.97. The third-order valence-corrected chi connectivity index (χ3v) is 4.58. The van der Waals surface area contributed by atoms with Crippen molar-refractivity contribution in [3.05, 3.63) is 29.3 Å². The molecule has 0 aliphatic rings. The molecule has 0 fully saturated rings. The summed E-state index contributed by atoms with van der Waals surface area (Å²) in [7, 11) is -1.27. The first-order valence-electron chi connectivity index (χ1n) is 5.43. The molecule has 0 amide bonds. The smallest absolute Gasteiger partial charge is 0.310 e. The molecule has 1 atom stereocenters. The predicted molar refractivity (Wildman–Crippen MR) is 68.6 cm³/mol. The van der Waals surface area contributed by atoms with Crippen molar-refractivity contribution >= 4 is 16.8 Å². The van der Waals surface area contributed by atoms with E-state index in [-0.39, 0.29) is 5.75 Å². The van der Waals surface area contributed by atoms with Crippen LogP contribution in [-0.2, 0) is 15.6 Å². The van der Waals surface area contributed by atoms with Crippen LogP contribution >= 0.6 is 0 Å². The standard InChI is InChI=1S/C13H18O3S/c1-9-5-6-11(7-10(9)2)17(16)8-13(3,4)12(14)15/h5-7H,8H2,1-4H3,(H,14,15). The van der Waals surface area contributed by atoms with E-state index in [1.165, 1.54) is 0 Å². The van der Waals surface area contributed by atoms with Gasteiger partial charge in [0.15, 0.2) is 0 Å². The van der Waals surface area contributed by atoms with Crippen LogP contribution in [0, 0.1) is 19.3 Å². The first-order chi connectivity index (χ1) is 7.74. The van der Waals surface area contributed by atoms with Gasteiger partial charge in [0.1, 0.15) is 0 Å². The Kier molecular flexibility index (Phi) is 4.09. The van der Waals surface area contributed by atoms with E-state index in [2.05, 4.69) is 0 Å². The maximum Gasteiger partial charge on any atom is 0.310 e. The number of benzene rings is 1. The van der Waals surface area contributed by atoms with Crippen LogP contribution < -0.4 is 0 Å². The third-order valence-electron chi connectivity index (χ3n) is 2.81. The third kappa shape index (κ3) is 3.40. The minimum absolute atomic E-state index is 0.130. The molecule has 0 aliphatic heterocycles. The minimum Gasteiger partial charge on any atom is -0.481 e. The maximum absolute atomic E-state index is 12.1. The lowest BCUT2D eigenvalue weighted by Gasteiger charge is -2.18. The molecule has 1 unspecified atom stereocenters. The number of carboxylic acids is 1. The van der Waals surface area contributed by atoms with E-state index in [0.717, 1.165) is 11.1 Å². The topological polar surface area (TPSA) is 54.4 Å². The zero-order valence-electron chi connectivity index (χ0n) is 10.6. The van der Waals surface area contributed by atoms with Crippen LogP contribution in [0.5, 0.6) is 0 Å². The molecular formula is C13H18O3S. The fourth-order valence-corrected chi connectivity index (χ4v) is 2.80. The number of carboxylic acid groups (broad SMARTS) is 1. The van der Waals surface area contributed by atoms with Crippen molar-refractivity contribution < 1.29 is 14.1 Å². The Morgan fingerprint density at radius 2 is 1.88 bits per heavy atom. The average molecular weight is 254 g/mol. The number of aliphatic carboxylic acids is 1. The van der Waals surface area contributed by atoms with Gasteiger partial charge >= 0.3 is 5.97 Å². The Labute approximate surface area is 104 Å². The highest BCUT2D eigenvalue weighted by Crippen LogP contribution is 2.21. The van der Waals surface area contributed by atoms with Gasteiger partial charge in [-0.3, -0.25) is 9.00 Å². The average Bonchev–Trinajstić information content (AvgIpc) is 2.21. The highest BCUT2D eigenvalue weighted by atomic mass is 32.2. The summed E-state index contributed by atoms with van der Waals surface area (Å²) in [5, 5.41) is 9.00. The van der Waals surface area contributed by atoms with Crippen LogP contribution in [0.15, 0.2) is 23.1 Å². The molecule has 0 aliphatic carbocycles. The van der Waals surface area contributed by atoms with Gasteiger partial charge < -0.3 is 5.11 Å². The van der Waals surface area contributed by atoms with Gasteiger partial charge in [-0.2, -0.15) is 0 Å². The first kappa shape index (κ1) is 13.9. The zero-order chi connectivity index (χ0) is 13.2. The number of hydrogen-bond donors (Lipinski definition) is 1. The maximum atomic E-state index is 12.1. The van der Waals surface area contributed by atoms with E-state index >= 15 is 0 Å². The Bertz CT molecular complexity index is 464. The van der Waals surface area contributed by atoms with E-state index in [9.17, 15) is 9.00 Å². The molecule has 1 aromatic rings. The summed E-state index contributed by atoms with van der Waals surface area (Å²) in [6, 6.07) is 5.58. The second-order valence-electron chi connectivity index (χ2n) is 4.92. The largest absolute Gasteiger partial charge is 0.481 e.